The van der Waals surface area contributed by atoms with E-state index in [0.717, 1.165) is 29.1 Å². The number of Topliss-reactive ketones (excluding diaryl/α,β-unsaturated/α-hetero) is 3. The summed E-state index contributed by atoms with van der Waals surface area (Å²) in [6.45, 7) is 0.787. The highest BCUT2D eigenvalue weighted by molar-refractivity contribution is 7.99. The first-order valence-corrected chi connectivity index (χ1v) is 9.29. The summed E-state index contributed by atoms with van der Waals surface area (Å²) in [6, 6.07) is 15.3. The zero-order chi connectivity index (χ0) is 23.4. The molecule has 2 aromatic rings. The number of carbonyl (C=O) groups excluding carboxylic acids is 3. The van der Waals surface area contributed by atoms with Crippen LogP contribution >= 0.6 is 11.8 Å². The molecule has 0 amide bonds. The average molecular weight is 454 g/mol. The van der Waals surface area contributed by atoms with E-state index in [1.165, 1.54) is 23.9 Å². The quantitative estimate of drug-likeness (QED) is 0.161. The van der Waals surface area contributed by atoms with Gasteiger partial charge in [0.25, 0.3) is 0 Å². The van der Waals surface area contributed by atoms with Gasteiger partial charge in [-0.25, -0.2) is 0 Å². The van der Waals surface area contributed by atoms with E-state index in [1.807, 2.05) is 30.3 Å². The van der Waals surface area contributed by atoms with Crippen LogP contribution < -0.4 is 0 Å². The number of carbonyl (C=O) groups is 3. The minimum absolute atomic E-state index is 0.0516. The van der Waals surface area contributed by atoms with Crippen LogP contribution in [0.5, 0.6) is 0 Å². The van der Waals surface area contributed by atoms with Gasteiger partial charge in [-0.2, -0.15) is 13.2 Å². The van der Waals surface area contributed by atoms with E-state index < -0.39 is 29.4 Å². The molecule has 0 aliphatic rings. The van der Waals surface area contributed by atoms with Gasteiger partial charge in [0, 0.05) is 15.4 Å². The zero-order valence-corrected chi connectivity index (χ0v) is 16.8. The lowest BCUT2D eigenvalue weighted by Crippen LogP contribution is -2.36. The van der Waals surface area contributed by atoms with Gasteiger partial charge in [0.2, 0.25) is 17.3 Å². The third kappa shape index (κ3) is 8.42. The van der Waals surface area contributed by atoms with E-state index in [-0.39, 0.29) is 5.56 Å². The van der Waals surface area contributed by atoms with Crippen LogP contribution in [0.15, 0.2) is 74.7 Å². The van der Waals surface area contributed by atoms with Crippen LogP contribution in [0.3, 0.4) is 0 Å². The molecule has 0 heterocycles. The Morgan fingerprint density at radius 3 is 1.84 bits per heavy atom. The SMILES string of the molecule is CC(C(=O)C(=O)c1ccc(Sc2ccccc2)cc1)C(=O)C(F)(F)F.ON=CC=NO. The summed E-state index contributed by atoms with van der Waals surface area (Å²) < 4.78 is 37.1. The third-order valence-electron chi connectivity index (χ3n) is 3.59. The van der Waals surface area contributed by atoms with Crippen molar-refractivity contribution in [2.24, 2.45) is 16.2 Å². The Kier molecular flexibility index (Phi) is 10.1. The van der Waals surface area contributed by atoms with Gasteiger partial charge in [0.15, 0.2) is 0 Å². The van der Waals surface area contributed by atoms with Gasteiger partial charge < -0.3 is 10.4 Å². The molecule has 2 aromatic carbocycles. The number of hydrogen-bond acceptors (Lipinski definition) is 8. The maximum absolute atomic E-state index is 12.4. The van der Waals surface area contributed by atoms with Crippen LogP contribution in [0.2, 0.25) is 0 Å². The molecule has 11 heteroatoms. The Labute approximate surface area is 179 Å². The van der Waals surface area contributed by atoms with Crippen LogP contribution in [0.25, 0.3) is 0 Å². The predicted octanol–water partition coefficient (Wildman–Crippen LogP) is 4.26. The van der Waals surface area contributed by atoms with Crippen LogP contribution in [0.1, 0.15) is 17.3 Å². The number of alkyl halides is 3. The second kappa shape index (κ2) is 12.3. The standard InChI is InChI=1S/C18H13F3O3S.C2H4N2O2/c1-11(17(24)18(19,20)21)15(22)16(23)12-7-9-14(10-8-12)25-13-5-3-2-4-6-13;5-3-1-2-4-6/h2-11H,1H3;1-2,5-6H. The lowest BCUT2D eigenvalue weighted by Gasteiger charge is -2.11. The fraction of sp³-hybridized carbons (Fsp3) is 0.150. The molecule has 1 unspecified atom stereocenters. The second-order valence-electron chi connectivity index (χ2n) is 5.75. The molecule has 2 rings (SSSR count). The summed E-state index contributed by atoms with van der Waals surface area (Å²) in [6.07, 6.45) is -3.26. The highest BCUT2D eigenvalue weighted by Crippen LogP contribution is 2.28. The Hall–Kier alpha value is -3.47. The summed E-state index contributed by atoms with van der Waals surface area (Å²) in [7, 11) is 0. The molecule has 0 saturated heterocycles. The van der Waals surface area contributed by atoms with Crippen molar-refractivity contribution in [2.45, 2.75) is 22.9 Å². The van der Waals surface area contributed by atoms with Gasteiger partial charge in [0.1, 0.15) is 0 Å². The van der Waals surface area contributed by atoms with Crippen LogP contribution in [-0.4, -0.2) is 46.4 Å². The predicted molar refractivity (Wildman–Crippen MR) is 107 cm³/mol. The Bertz CT molecular complexity index is 936. The van der Waals surface area contributed by atoms with Gasteiger partial charge in [-0.1, -0.05) is 40.3 Å². The molecule has 0 aliphatic carbocycles. The molecule has 0 radical (unpaired) electrons. The lowest BCUT2D eigenvalue weighted by molar-refractivity contribution is -0.175. The largest absolute Gasteiger partial charge is 0.450 e. The average Bonchev–Trinajstić information content (AvgIpc) is 2.76. The normalized spacial score (nSPS) is 12.3. The van der Waals surface area contributed by atoms with Crippen molar-refractivity contribution in [2.75, 3.05) is 0 Å². The zero-order valence-electron chi connectivity index (χ0n) is 16.0. The van der Waals surface area contributed by atoms with Crippen LogP contribution in [0.4, 0.5) is 13.2 Å². The molecule has 1 atom stereocenters. The number of nitrogens with zero attached hydrogens (tertiary/aromatic N) is 2. The molecule has 0 aromatic heterocycles. The summed E-state index contributed by atoms with van der Waals surface area (Å²) in [5.74, 6) is -6.75. The van der Waals surface area contributed by atoms with Gasteiger partial charge in [0.05, 0.1) is 18.3 Å². The van der Waals surface area contributed by atoms with Crippen molar-refractivity contribution in [3.63, 3.8) is 0 Å². The van der Waals surface area contributed by atoms with E-state index in [0.29, 0.717) is 0 Å². The van der Waals surface area contributed by atoms with Crippen molar-refractivity contribution >= 4 is 41.5 Å². The molecule has 7 nitrogen and oxygen atoms in total. The molecular formula is C20H17F3N2O5S. The molecule has 164 valence electrons. The minimum Gasteiger partial charge on any atom is -0.411 e. The van der Waals surface area contributed by atoms with Crippen molar-refractivity contribution in [1.29, 1.82) is 0 Å². The number of benzene rings is 2. The van der Waals surface area contributed by atoms with Crippen LogP contribution in [-0.2, 0) is 9.59 Å². The summed E-state index contributed by atoms with van der Waals surface area (Å²) in [5.41, 5.74) is -0.0516. The first kappa shape index (κ1) is 25.6. The highest BCUT2D eigenvalue weighted by atomic mass is 32.2. The van der Waals surface area contributed by atoms with E-state index in [2.05, 4.69) is 10.3 Å². The van der Waals surface area contributed by atoms with E-state index >= 15 is 0 Å². The van der Waals surface area contributed by atoms with E-state index in [4.69, 9.17) is 10.4 Å². The van der Waals surface area contributed by atoms with Crippen molar-refractivity contribution in [1.82, 2.24) is 0 Å². The molecular weight excluding hydrogens is 437 g/mol. The number of hydrogen-bond donors (Lipinski definition) is 2. The van der Waals surface area contributed by atoms with Gasteiger partial charge in [-0.3, -0.25) is 14.4 Å². The number of rotatable bonds is 7. The topological polar surface area (TPSA) is 116 Å². The maximum atomic E-state index is 12.4. The minimum atomic E-state index is -5.15. The first-order valence-electron chi connectivity index (χ1n) is 8.47. The van der Waals surface area contributed by atoms with Gasteiger partial charge in [-0.05, 0) is 43.3 Å². The molecule has 0 spiro atoms. The fourth-order valence-corrected chi connectivity index (χ4v) is 2.90. The number of oxime groups is 2. The van der Waals surface area contributed by atoms with Crippen molar-refractivity contribution in [3.8, 4) is 0 Å². The molecule has 0 bridgehead atoms. The second-order valence-corrected chi connectivity index (χ2v) is 6.89. The molecule has 0 saturated carbocycles. The number of ketones is 3. The monoisotopic (exact) mass is 454 g/mol. The first-order chi connectivity index (χ1) is 14.6. The Balaban J connectivity index is 0.000000703. The smallest absolute Gasteiger partial charge is 0.411 e. The molecule has 31 heavy (non-hydrogen) atoms. The van der Waals surface area contributed by atoms with Gasteiger partial charge >= 0.3 is 6.18 Å². The lowest BCUT2D eigenvalue weighted by atomic mass is 9.94. The van der Waals surface area contributed by atoms with Gasteiger partial charge in [-0.15, -0.1) is 0 Å². The third-order valence-corrected chi connectivity index (χ3v) is 4.60. The molecule has 0 fully saturated rings. The maximum Gasteiger partial charge on any atom is 0.450 e. The Morgan fingerprint density at radius 1 is 0.903 bits per heavy atom. The summed E-state index contributed by atoms with van der Waals surface area (Å²) in [4.78, 5) is 36.7. The van der Waals surface area contributed by atoms with Crippen molar-refractivity contribution in [3.05, 3.63) is 60.2 Å². The Morgan fingerprint density at radius 2 is 1.39 bits per heavy atom. The van der Waals surface area contributed by atoms with Crippen molar-refractivity contribution < 1.29 is 38.0 Å². The van der Waals surface area contributed by atoms with Crippen LogP contribution in [0, 0.1) is 5.92 Å². The van der Waals surface area contributed by atoms with E-state index in [1.54, 1.807) is 12.1 Å². The molecule has 2 N–H and O–H groups in total. The fourth-order valence-electron chi connectivity index (χ4n) is 2.06. The van der Waals surface area contributed by atoms with E-state index in [9.17, 15) is 27.6 Å². The molecule has 0 aliphatic heterocycles. The highest BCUT2D eigenvalue weighted by Gasteiger charge is 2.45. The summed E-state index contributed by atoms with van der Waals surface area (Å²) >= 11 is 1.43. The summed E-state index contributed by atoms with van der Waals surface area (Å²) in [5, 5.41) is 20.1. The number of halogens is 3.